The quantitative estimate of drug-likeness (QED) is 0.759. The Kier molecular flexibility index (Phi) is 6.81. The molecule has 18 heavy (non-hydrogen) atoms. The molecule has 0 radical (unpaired) electrons. The number of benzene rings is 1. The van der Waals surface area contributed by atoms with Gasteiger partial charge < -0.3 is 10.1 Å². The van der Waals surface area contributed by atoms with E-state index in [4.69, 9.17) is 4.74 Å². The van der Waals surface area contributed by atoms with Crippen molar-refractivity contribution in [2.75, 3.05) is 13.7 Å². The van der Waals surface area contributed by atoms with E-state index in [-0.39, 0.29) is 0 Å². The summed E-state index contributed by atoms with van der Waals surface area (Å²) in [6, 6.07) is 9.01. The molecule has 2 nitrogen and oxygen atoms in total. The van der Waals surface area contributed by atoms with Crippen LogP contribution in [-0.4, -0.2) is 19.7 Å². The first-order chi connectivity index (χ1) is 8.69. The van der Waals surface area contributed by atoms with E-state index in [0.29, 0.717) is 12.0 Å². The maximum absolute atomic E-state index is 5.82. The molecule has 0 amide bonds. The Morgan fingerprint density at radius 3 is 2.22 bits per heavy atom. The molecule has 1 aromatic rings. The van der Waals surface area contributed by atoms with Crippen molar-refractivity contribution >= 4 is 0 Å². The predicted octanol–water partition coefficient (Wildman–Crippen LogP) is 3.65. The van der Waals surface area contributed by atoms with Crippen molar-refractivity contribution in [3.05, 3.63) is 29.8 Å². The average Bonchev–Trinajstić information content (AvgIpc) is 2.41. The van der Waals surface area contributed by atoms with Crippen LogP contribution in [0.5, 0.6) is 5.75 Å². The van der Waals surface area contributed by atoms with Crippen molar-refractivity contribution < 1.29 is 4.74 Å². The van der Waals surface area contributed by atoms with Crippen LogP contribution in [0, 0.1) is 5.92 Å². The van der Waals surface area contributed by atoms with Gasteiger partial charge in [-0.3, -0.25) is 0 Å². The fourth-order valence-corrected chi connectivity index (χ4v) is 1.92. The highest BCUT2D eigenvalue weighted by Crippen LogP contribution is 2.16. The normalized spacial score (nSPS) is 12.7. The van der Waals surface area contributed by atoms with E-state index in [0.717, 1.165) is 18.8 Å². The zero-order valence-corrected chi connectivity index (χ0v) is 12.2. The van der Waals surface area contributed by atoms with Gasteiger partial charge in [0.25, 0.3) is 0 Å². The second-order valence-electron chi connectivity index (χ2n) is 5.03. The first-order valence-electron chi connectivity index (χ1n) is 7.08. The molecule has 0 saturated heterocycles. The summed E-state index contributed by atoms with van der Waals surface area (Å²) in [7, 11) is 2.00. The maximum Gasteiger partial charge on any atom is 0.119 e. The number of likely N-dealkylation sites (N-methyl/N-ethyl adjacent to an activating group) is 1. The number of hydrogen-bond acceptors (Lipinski definition) is 2. The molecule has 0 aromatic heterocycles. The van der Waals surface area contributed by atoms with Gasteiger partial charge >= 0.3 is 0 Å². The molecule has 1 N–H and O–H groups in total. The maximum atomic E-state index is 5.82. The van der Waals surface area contributed by atoms with Gasteiger partial charge in [0, 0.05) is 6.04 Å². The molecular formula is C16H27NO. The minimum absolute atomic E-state index is 0.515. The van der Waals surface area contributed by atoms with Gasteiger partial charge in [-0.2, -0.15) is 0 Å². The summed E-state index contributed by atoms with van der Waals surface area (Å²) in [4.78, 5) is 0. The van der Waals surface area contributed by atoms with Crippen LogP contribution in [-0.2, 0) is 6.42 Å². The molecule has 0 fully saturated rings. The van der Waals surface area contributed by atoms with Crippen LogP contribution >= 0.6 is 0 Å². The summed E-state index contributed by atoms with van der Waals surface area (Å²) in [6.45, 7) is 7.47. The minimum Gasteiger partial charge on any atom is -0.493 e. The summed E-state index contributed by atoms with van der Waals surface area (Å²) >= 11 is 0. The van der Waals surface area contributed by atoms with E-state index >= 15 is 0 Å². The van der Waals surface area contributed by atoms with Crippen molar-refractivity contribution in [2.24, 2.45) is 5.92 Å². The topological polar surface area (TPSA) is 21.3 Å². The van der Waals surface area contributed by atoms with Gasteiger partial charge in [0.05, 0.1) is 6.61 Å². The van der Waals surface area contributed by atoms with Gasteiger partial charge in [-0.05, 0) is 44.0 Å². The lowest BCUT2D eigenvalue weighted by molar-refractivity contribution is 0.240. The molecule has 0 aliphatic rings. The van der Waals surface area contributed by atoms with Gasteiger partial charge in [-0.1, -0.05) is 38.8 Å². The van der Waals surface area contributed by atoms with Crippen LogP contribution in [0.1, 0.15) is 39.2 Å². The van der Waals surface area contributed by atoms with E-state index < -0.39 is 0 Å². The van der Waals surface area contributed by atoms with Gasteiger partial charge in [-0.15, -0.1) is 0 Å². The highest BCUT2D eigenvalue weighted by atomic mass is 16.5. The number of rotatable bonds is 8. The average molecular weight is 249 g/mol. The predicted molar refractivity (Wildman–Crippen MR) is 78.2 cm³/mol. The van der Waals surface area contributed by atoms with E-state index in [2.05, 4.69) is 50.4 Å². The van der Waals surface area contributed by atoms with Crippen molar-refractivity contribution in [2.45, 2.75) is 46.1 Å². The minimum atomic E-state index is 0.515. The lowest BCUT2D eigenvalue weighted by atomic mass is 10.1. The largest absolute Gasteiger partial charge is 0.493 e. The summed E-state index contributed by atoms with van der Waals surface area (Å²) < 4.78 is 5.82. The zero-order chi connectivity index (χ0) is 13.4. The van der Waals surface area contributed by atoms with Crippen molar-refractivity contribution in [3.63, 3.8) is 0 Å². The molecule has 0 aliphatic heterocycles. The molecule has 102 valence electrons. The molecule has 0 bridgehead atoms. The van der Waals surface area contributed by atoms with Gasteiger partial charge in [0.15, 0.2) is 0 Å². The molecule has 2 heteroatoms. The first kappa shape index (κ1) is 15.0. The Balaban J connectivity index is 2.45. The molecule has 1 aromatic carbocycles. The van der Waals surface area contributed by atoms with Crippen molar-refractivity contribution in [1.29, 1.82) is 0 Å². The third kappa shape index (κ3) is 5.09. The second-order valence-corrected chi connectivity index (χ2v) is 5.03. The molecule has 0 spiro atoms. The van der Waals surface area contributed by atoms with E-state index in [1.807, 2.05) is 7.05 Å². The highest BCUT2D eigenvalue weighted by molar-refractivity contribution is 5.27. The SMILES string of the molecule is CCC(CC)COc1ccc(CC(C)NC)cc1. The Morgan fingerprint density at radius 1 is 1.11 bits per heavy atom. The van der Waals surface area contributed by atoms with Gasteiger partial charge in [0.2, 0.25) is 0 Å². The monoisotopic (exact) mass is 249 g/mol. The molecule has 0 heterocycles. The Bertz CT molecular complexity index is 316. The third-order valence-corrected chi connectivity index (χ3v) is 3.60. The lowest BCUT2D eigenvalue weighted by Gasteiger charge is -2.14. The van der Waals surface area contributed by atoms with Crippen LogP contribution < -0.4 is 10.1 Å². The molecular weight excluding hydrogens is 222 g/mol. The summed E-state index contributed by atoms with van der Waals surface area (Å²) in [5, 5.41) is 3.25. The third-order valence-electron chi connectivity index (χ3n) is 3.60. The number of ether oxygens (including phenoxy) is 1. The van der Waals surface area contributed by atoms with Crippen LogP contribution in [0.4, 0.5) is 0 Å². The van der Waals surface area contributed by atoms with E-state index in [9.17, 15) is 0 Å². The lowest BCUT2D eigenvalue weighted by Crippen LogP contribution is -2.23. The van der Waals surface area contributed by atoms with Crippen LogP contribution in [0.25, 0.3) is 0 Å². The van der Waals surface area contributed by atoms with Gasteiger partial charge in [-0.25, -0.2) is 0 Å². The van der Waals surface area contributed by atoms with Crippen LogP contribution in [0.2, 0.25) is 0 Å². The summed E-state index contributed by atoms with van der Waals surface area (Å²) in [5.41, 5.74) is 1.35. The molecule has 1 atom stereocenters. The summed E-state index contributed by atoms with van der Waals surface area (Å²) in [5.74, 6) is 1.66. The zero-order valence-electron chi connectivity index (χ0n) is 12.2. The molecule has 0 saturated carbocycles. The van der Waals surface area contributed by atoms with E-state index in [1.165, 1.54) is 18.4 Å². The first-order valence-corrected chi connectivity index (χ1v) is 7.08. The van der Waals surface area contributed by atoms with Gasteiger partial charge in [0.1, 0.15) is 5.75 Å². The number of hydrogen-bond donors (Lipinski definition) is 1. The highest BCUT2D eigenvalue weighted by Gasteiger charge is 2.05. The standard InChI is InChI=1S/C16H27NO/c1-5-14(6-2)12-18-16-9-7-15(8-10-16)11-13(3)17-4/h7-10,13-14,17H,5-6,11-12H2,1-4H3. The summed E-state index contributed by atoms with van der Waals surface area (Å²) in [6.07, 6.45) is 3.44. The second kappa shape index (κ2) is 8.15. The molecule has 1 rings (SSSR count). The molecule has 1 unspecified atom stereocenters. The fraction of sp³-hybridized carbons (Fsp3) is 0.625. The molecule has 0 aliphatic carbocycles. The number of nitrogens with one attached hydrogen (secondary N) is 1. The van der Waals surface area contributed by atoms with Crippen molar-refractivity contribution in [1.82, 2.24) is 5.32 Å². The van der Waals surface area contributed by atoms with Crippen LogP contribution in [0.15, 0.2) is 24.3 Å². The Hall–Kier alpha value is -1.02. The van der Waals surface area contributed by atoms with Crippen LogP contribution in [0.3, 0.4) is 0 Å². The van der Waals surface area contributed by atoms with Crippen molar-refractivity contribution in [3.8, 4) is 5.75 Å². The Morgan fingerprint density at radius 2 is 1.72 bits per heavy atom. The smallest absolute Gasteiger partial charge is 0.119 e. The Labute approximate surface area is 112 Å². The van der Waals surface area contributed by atoms with E-state index in [1.54, 1.807) is 0 Å². The fourth-order valence-electron chi connectivity index (χ4n) is 1.92.